The quantitative estimate of drug-likeness (QED) is 0.598. The van der Waals surface area contributed by atoms with Crippen LogP contribution in [0.5, 0.6) is 0 Å². The number of hydrogen-bond acceptors (Lipinski definition) is 4. The molecule has 1 atom stereocenters. The van der Waals surface area contributed by atoms with Crippen LogP contribution in [0.4, 0.5) is 0 Å². The number of piperidine rings is 2. The molecule has 31 heavy (non-hydrogen) atoms. The van der Waals surface area contributed by atoms with Crippen molar-refractivity contribution in [3.05, 3.63) is 35.9 Å². The molecule has 2 aliphatic rings. The molecular weight excluding hydrogens is 390 g/mol. The van der Waals surface area contributed by atoms with Crippen LogP contribution in [0.1, 0.15) is 61.7 Å². The monoisotopic (exact) mass is 427 g/mol. The van der Waals surface area contributed by atoms with Gasteiger partial charge in [-0.1, -0.05) is 30.3 Å². The first-order chi connectivity index (χ1) is 14.9. The average Bonchev–Trinajstić information content (AvgIpc) is 2.81. The Morgan fingerprint density at radius 2 is 1.68 bits per heavy atom. The molecule has 2 amide bonds. The van der Waals surface area contributed by atoms with Crippen molar-refractivity contribution in [1.82, 2.24) is 14.7 Å². The number of carbonyl (C=O) groups is 3. The zero-order chi connectivity index (χ0) is 22.2. The van der Waals surface area contributed by atoms with E-state index in [1.165, 1.54) is 0 Å². The molecule has 2 aliphatic heterocycles. The lowest BCUT2D eigenvalue weighted by atomic mass is 9.92. The van der Waals surface area contributed by atoms with Gasteiger partial charge in [0.25, 0.3) is 0 Å². The van der Waals surface area contributed by atoms with Crippen molar-refractivity contribution in [3.63, 3.8) is 0 Å². The predicted molar refractivity (Wildman–Crippen MR) is 122 cm³/mol. The number of hydrogen-bond donors (Lipinski definition) is 0. The number of ketones is 1. The summed E-state index contributed by atoms with van der Waals surface area (Å²) in [6.07, 6.45) is 6.05. The molecule has 2 saturated heterocycles. The smallest absolute Gasteiger partial charge is 0.223 e. The van der Waals surface area contributed by atoms with Gasteiger partial charge < -0.3 is 14.7 Å². The molecule has 0 radical (unpaired) electrons. The van der Waals surface area contributed by atoms with Crippen LogP contribution in [0.2, 0.25) is 0 Å². The first-order valence-electron chi connectivity index (χ1n) is 11.7. The molecule has 0 N–H and O–H groups in total. The minimum atomic E-state index is 0.0186. The highest BCUT2D eigenvalue weighted by Gasteiger charge is 2.27. The molecule has 1 aromatic rings. The summed E-state index contributed by atoms with van der Waals surface area (Å²) in [5, 5.41) is 0. The fourth-order valence-electron chi connectivity index (χ4n) is 4.76. The number of amides is 2. The normalized spacial score (nSPS) is 20.5. The predicted octanol–water partition coefficient (Wildman–Crippen LogP) is 3.22. The number of carbonyl (C=O) groups excluding carboxylic acids is 3. The van der Waals surface area contributed by atoms with Crippen LogP contribution in [0.15, 0.2) is 30.3 Å². The molecule has 6 heteroatoms. The van der Waals surface area contributed by atoms with E-state index in [0.717, 1.165) is 51.7 Å². The van der Waals surface area contributed by atoms with Crippen LogP contribution in [0, 0.1) is 5.92 Å². The van der Waals surface area contributed by atoms with Gasteiger partial charge in [-0.15, -0.1) is 0 Å². The number of Topliss-reactive ketones (excluding diaryl/α,β-unsaturated/α-hetero) is 1. The van der Waals surface area contributed by atoms with Gasteiger partial charge in [0.1, 0.15) is 0 Å². The van der Waals surface area contributed by atoms with Crippen molar-refractivity contribution in [2.24, 2.45) is 5.92 Å². The van der Waals surface area contributed by atoms with Gasteiger partial charge in [-0.25, -0.2) is 0 Å². The molecule has 0 saturated carbocycles. The first-order valence-corrected chi connectivity index (χ1v) is 11.7. The second-order valence-electron chi connectivity index (χ2n) is 9.21. The summed E-state index contributed by atoms with van der Waals surface area (Å²) >= 11 is 0. The zero-order valence-corrected chi connectivity index (χ0v) is 19.1. The Hall–Kier alpha value is -2.21. The molecule has 0 aliphatic carbocycles. The fourth-order valence-corrected chi connectivity index (χ4v) is 4.76. The van der Waals surface area contributed by atoms with Crippen molar-refractivity contribution in [1.29, 1.82) is 0 Å². The van der Waals surface area contributed by atoms with Crippen LogP contribution in [0.3, 0.4) is 0 Å². The van der Waals surface area contributed by atoms with Crippen molar-refractivity contribution in [2.45, 2.75) is 57.4 Å². The SMILES string of the molecule is CN1CCC(N(C)C(=O)CCC2CCCN(C(=O)CCC(=O)c3ccccc3)C2)CC1. The maximum Gasteiger partial charge on any atom is 0.223 e. The summed E-state index contributed by atoms with van der Waals surface area (Å²) in [5.74, 6) is 0.678. The van der Waals surface area contributed by atoms with Gasteiger partial charge in [-0.2, -0.15) is 0 Å². The van der Waals surface area contributed by atoms with E-state index in [1.807, 2.05) is 35.0 Å². The van der Waals surface area contributed by atoms with Crippen molar-refractivity contribution in [3.8, 4) is 0 Å². The number of benzene rings is 1. The summed E-state index contributed by atoms with van der Waals surface area (Å²) in [5.41, 5.74) is 0.666. The van der Waals surface area contributed by atoms with E-state index < -0.39 is 0 Å². The largest absolute Gasteiger partial charge is 0.343 e. The molecule has 2 fully saturated rings. The molecular formula is C25H37N3O3. The van der Waals surface area contributed by atoms with E-state index in [2.05, 4.69) is 11.9 Å². The average molecular weight is 428 g/mol. The lowest BCUT2D eigenvalue weighted by Crippen LogP contribution is -2.45. The Balaban J connectivity index is 1.40. The van der Waals surface area contributed by atoms with Crippen LogP contribution in [-0.2, 0) is 9.59 Å². The Morgan fingerprint density at radius 3 is 2.39 bits per heavy atom. The highest BCUT2D eigenvalue weighted by molar-refractivity contribution is 5.97. The maximum atomic E-state index is 12.7. The van der Waals surface area contributed by atoms with Gasteiger partial charge in [0.15, 0.2) is 5.78 Å². The minimum absolute atomic E-state index is 0.0186. The highest BCUT2D eigenvalue weighted by atomic mass is 16.2. The topological polar surface area (TPSA) is 60.9 Å². The third-order valence-electron chi connectivity index (χ3n) is 6.93. The highest BCUT2D eigenvalue weighted by Crippen LogP contribution is 2.23. The second-order valence-corrected chi connectivity index (χ2v) is 9.21. The fraction of sp³-hybridized carbons (Fsp3) is 0.640. The third kappa shape index (κ3) is 6.89. The summed E-state index contributed by atoms with van der Waals surface area (Å²) in [6, 6.07) is 9.51. The van der Waals surface area contributed by atoms with E-state index in [9.17, 15) is 14.4 Å². The Morgan fingerprint density at radius 1 is 0.968 bits per heavy atom. The van der Waals surface area contributed by atoms with Crippen molar-refractivity contribution >= 4 is 17.6 Å². The van der Waals surface area contributed by atoms with E-state index >= 15 is 0 Å². The molecule has 0 aromatic heterocycles. The van der Waals surface area contributed by atoms with Gasteiger partial charge in [0.2, 0.25) is 11.8 Å². The molecule has 0 spiro atoms. The summed E-state index contributed by atoms with van der Waals surface area (Å²) in [4.78, 5) is 43.8. The van der Waals surface area contributed by atoms with Gasteiger partial charge in [0, 0.05) is 51.0 Å². The van der Waals surface area contributed by atoms with Crippen molar-refractivity contribution in [2.75, 3.05) is 40.3 Å². The molecule has 0 bridgehead atoms. The first kappa shape index (κ1) is 23.5. The van der Waals surface area contributed by atoms with E-state index in [4.69, 9.17) is 0 Å². The molecule has 170 valence electrons. The standard InChI is InChI=1S/C25H37N3O3/c1-26-17-14-22(15-18-26)27(2)24(30)12-10-20-7-6-16-28(19-20)25(31)13-11-23(29)21-8-4-3-5-9-21/h3-5,8-9,20,22H,6-7,10-19H2,1-2H3. The number of rotatable bonds is 8. The Labute approximate surface area is 186 Å². The van der Waals surface area contributed by atoms with Crippen LogP contribution in [0.25, 0.3) is 0 Å². The molecule has 1 aromatic carbocycles. The van der Waals surface area contributed by atoms with E-state index in [0.29, 0.717) is 30.5 Å². The number of likely N-dealkylation sites (tertiary alicyclic amines) is 2. The van der Waals surface area contributed by atoms with Crippen molar-refractivity contribution < 1.29 is 14.4 Å². The molecule has 3 rings (SSSR count). The molecule has 1 unspecified atom stereocenters. The maximum absolute atomic E-state index is 12.7. The Kier molecular flexibility index (Phi) is 8.64. The molecule has 6 nitrogen and oxygen atoms in total. The molecule has 2 heterocycles. The van der Waals surface area contributed by atoms with E-state index in [1.54, 1.807) is 12.1 Å². The third-order valence-corrected chi connectivity index (χ3v) is 6.93. The van der Waals surface area contributed by atoms with Gasteiger partial charge in [-0.05, 0) is 58.2 Å². The second kappa shape index (κ2) is 11.4. The van der Waals surface area contributed by atoms with Crippen LogP contribution in [-0.4, -0.2) is 78.6 Å². The van der Waals surface area contributed by atoms with Gasteiger partial charge >= 0.3 is 0 Å². The van der Waals surface area contributed by atoms with E-state index in [-0.39, 0.29) is 30.4 Å². The van der Waals surface area contributed by atoms with Gasteiger partial charge in [-0.3, -0.25) is 14.4 Å². The zero-order valence-electron chi connectivity index (χ0n) is 19.1. The van der Waals surface area contributed by atoms with Crippen LogP contribution < -0.4 is 0 Å². The lowest BCUT2D eigenvalue weighted by Gasteiger charge is -2.36. The van der Waals surface area contributed by atoms with Crippen LogP contribution >= 0.6 is 0 Å². The summed E-state index contributed by atoms with van der Waals surface area (Å²) in [7, 11) is 4.07. The summed E-state index contributed by atoms with van der Waals surface area (Å²) < 4.78 is 0. The number of nitrogens with zero attached hydrogens (tertiary/aromatic N) is 3. The van der Waals surface area contributed by atoms with Gasteiger partial charge in [0.05, 0.1) is 0 Å². The lowest BCUT2D eigenvalue weighted by molar-refractivity contribution is -0.133. The Bertz CT molecular complexity index is 744. The summed E-state index contributed by atoms with van der Waals surface area (Å²) in [6.45, 7) is 3.57. The minimum Gasteiger partial charge on any atom is -0.343 e.